The molecule has 4 aromatic rings. The molecule has 4 aromatic carbocycles. The van der Waals surface area contributed by atoms with E-state index in [1.165, 1.54) is 36.4 Å². The first kappa shape index (κ1) is 23.1. The molecule has 0 spiro atoms. The number of para-hydroxylation sites is 2. The summed E-state index contributed by atoms with van der Waals surface area (Å²) >= 11 is 0. The van der Waals surface area contributed by atoms with E-state index in [0.29, 0.717) is 5.56 Å². The molecule has 0 fully saturated rings. The first-order chi connectivity index (χ1) is 16.9. The molecule has 7 nitrogen and oxygen atoms in total. The Hall–Kier alpha value is -5.04. The molecule has 0 bridgehead atoms. The van der Waals surface area contributed by atoms with Crippen molar-refractivity contribution in [3.63, 3.8) is 0 Å². The van der Waals surface area contributed by atoms with Crippen molar-refractivity contribution in [3.05, 3.63) is 113 Å². The molecule has 0 aliphatic carbocycles. The average molecular weight is 468 g/mol. The van der Waals surface area contributed by atoms with E-state index < -0.39 is 11.9 Å². The van der Waals surface area contributed by atoms with Crippen LogP contribution < -0.4 is 9.47 Å². The minimum Gasteiger partial charge on any atom is -0.508 e. The van der Waals surface area contributed by atoms with E-state index in [0.717, 1.165) is 5.56 Å². The highest BCUT2D eigenvalue weighted by Crippen LogP contribution is 2.27. The minimum absolute atomic E-state index is 0.0131. The molecule has 174 valence electrons. The van der Waals surface area contributed by atoms with Gasteiger partial charge in [-0.2, -0.15) is 0 Å². The first-order valence-electron chi connectivity index (χ1n) is 10.5. The number of carbonyl (C=O) groups excluding carboxylic acids is 2. The zero-order chi connectivity index (χ0) is 24.8. The first-order valence-corrected chi connectivity index (χ1v) is 10.5. The number of hydrogen-bond donors (Lipinski definition) is 3. The van der Waals surface area contributed by atoms with Crippen LogP contribution in [0.5, 0.6) is 28.7 Å². The number of ether oxygens (including phenoxy) is 2. The third-order valence-electron chi connectivity index (χ3n) is 4.92. The van der Waals surface area contributed by atoms with Gasteiger partial charge in [0, 0.05) is 6.07 Å². The van der Waals surface area contributed by atoms with Gasteiger partial charge in [0.1, 0.15) is 39.9 Å². The largest absolute Gasteiger partial charge is 0.508 e. The fraction of sp³-hybridized carbons (Fsp3) is 0. The number of esters is 2. The van der Waals surface area contributed by atoms with Crippen LogP contribution in [-0.4, -0.2) is 27.3 Å². The molecule has 0 aromatic heterocycles. The van der Waals surface area contributed by atoms with Crippen LogP contribution in [0.1, 0.15) is 31.8 Å². The fourth-order valence-corrected chi connectivity index (χ4v) is 3.23. The molecule has 0 radical (unpaired) electrons. The van der Waals surface area contributed by atoms with Crippen molar-refractivity contribution in [2.24, 2.45) is 0 Å². The van der Waals surface area contributed by atoms with Crippen molar-refractivity contribution in [1.29, 1.82) is 0 Å². The Morgan fingerprint density at radius 3 is 1.97 bits per heavy atom. The summed E-state index contributed by atoms with van der Waals surface area (Å²) in [7, 11) is 0. The van der Waals surface area contributed by atoms with Gasteiger partial charge in [0.25, 0.3) is 0 Å². The van der Waals surface area contributed by atoms with E-state index in [4.69, 9.17) is 9.47 Å². The zero-order valence-corrected chi connectivity index (χ0v) is 18.3. The Bertz CT molecular complexity index is 1410. The quantitative estimate of drug-likeness (QED) is 0.197. The molecule has 0 aliphatic rings. The summed E-state index contributed by atoms with van der Waals surface area (Å²) in [4.78, 5) is 25.3. The molecule has 4 rings (SSSR count). The predicted octanol–water partition coefficient (Wildman–Crippen LogP) is 5.41. The summed E-state index contributed by atoms with van der Waals surface area (Å²) in [5.41, 5.74) is 1.33. The summed E-state index contributed by atoms with van der Waals surface area (Å²) in [6.45, 7) is 0. The lowest BCUT2D eigenvalue weighted by atomic mass is 10.1. The maximum atomic E-state index is 12.9. The standard InChI is InChI=1S/C28H20O7/c29-20-13-11-18(12-14-20)9-10-19-15-21(30)17-22(16-19)34-28(33)24-6-2-4-8-26(24)35-27(32)23-5-1-3-7-25(23)31/h1-17,29-31H/b10-9+. The van der Waals surface area contributed by atoms with Crippen molar-refractivity contribution in [3.8, 4) is 28.7 Å². The van der Waals surface area contributed by atoms with Crippen LogP contribution in [0.4, 0.5) is 0 Å². The van der Waals surface area contributed by atoms with Crippen LogP contribution in [0.15, 0.2) is 91.0 Å². The number of carbonyl (C=O) groups is 2. The fourth-order valence-electron chi connectivity index (χ4n) is 3.23. The zero-order valence-electron chi connectivity index (χ0n) is 18.3. The van der Waals surface area contributed by atoms with Gasteiger partial charge in [-0.1, -0.05) is 48.6 Å². The molecule has 0 heterocycles. The van der Waals surface area contributed by atoms with Crippen molar-refractivity contribution < 1.29 is 34.4 Å². The number of phenolic OH excluding ortho intramolecular Hbond substituents is 3. The number of rotatable bonds is 6. The van der Waals surface area contributed by atoms with Crippen molar-refractivity contribution in [2.45, 2.75) is 0 Å². The number of aromatic hydroxyl groups is 3. The second-order valence-electron chi connectivity index (χ2n) is 7.48. The van der Waals surface area contributed by atoms with Crippen LogP contribution >= 0.6 is 0 Å². The maximum absolute atomic E-state index is 12.9. The normalized spacial score (nSPS) is 10.7. The monoisotopic (exact) mass is 468 g/mol. The minimum atomic E-state index is -0.831. The van der Waals surface area contributed by atoms with Gasteiger partial charge < -0.3 is 24.8 Å². The van der Waals surface area contributed by atoms with Gasteiger partial charge in [-0.3, -0.25) is 0 Å². The second kappa shape index (κ2) is 10.3. The SMILES string of the molecule is O=C(Oc1ccccc1C(=O)Oc1cc(O)cc(/C=C/c2ccc(O)cc2)c1)c1ccccc1O. The summed E-state index contributed by atoms with van der Waals surface area (Å²) in [5.74, 6) is -1.79. The van der Waals surface area contributed by atoms with Gasteiger partial charge >= 0.3 is 11.9 Å². The molecule has 0 atom stereocenters. The molecule has 0 unspecified atom stereocenters. The molecular weight excluding hydrogens is 448 g/mol. The molecule has 0 saturated carbocycles. The van der Waals surface area contributed by atoms with Gasteiger partial charge in [-0.05, 0) is 59.7 Å². The van der Waals surface area contributed by atoms with Gasteiger partial charge in [0.15, 0.2) is 0 Å². The number of phenols is 3. The van der Waals surface area contributed by atoms with Gasteiger partial charge in [0.2, 0.25) is 0 Å². The average Bonchev–Trinajstić information content (AvgIpc) is 2.84. The maximum Gasteiger partial charge on any atom is 0.347 e. The topological polar surface area (TPSA) is 113 Å². The van der Waals surface area contributed by atoms with Gasteiger partial charge in [-0.25, -0.2) is 9.59 Å². The van der Waals surface area contributed by atoms with E-state index >= 15 is 0 Å². The number of benzene rings is 4. The molecule has 3 N–H and O–H groups in total. The molecule has 7 heteroatoms. The Morgan fingerprint density at radius 2 is 1.23 bits per heavy atom. The van der Waals surface area contributed by atoms with Crippen LogP contribution in [0.3, 0.4) is 0 Å². The highest BCUT2D eigenvalue weighted by atomic mass is 16.6. The molecular formula is C28H20O7. The van der Waals surface area contributed by atoms with Crippen LogP contribution in [-0.2, 0) is 0 Å². The Labute approximate surface area is 200 Å². The summed E-state index contributed by atoms with van der Waals surface area (Å²) in [6.07, 6.45) is 3.49. The Morgan fingerprint density at radius 1 is 0.600 bits per heavy atom. The smallest absolute Gasteiger partial charge is 0.347 e. The van der Waals surface area contributed by atoms with E-state index in [2.05, 4.69) is 0 Å². The third kappa shape index (κ3) is 5.85. The predicted molar refractivity (Wildman–Crippen MR) is 130 cm³/mol. The van der Waals surface area contributed by atoms with Crippen LogP contribution in [0.2, 0.25) is 0 Å². The number of hydrogen-bond acceptors (Lipinski definition) is 7. The van der Waals surface area contributed by atoms with Crippen LogP contribution in [0.25, 0.3) is 12.2 Å². The van der Waals surface area contributed by atoms with Crippen molar-refractivity contribution in [2.75, 3.05) is 0 Å². The Kier molecular flexibility index (Phi) is 6.78. The summed E-state index contributed by atoms with van der Waals surface area (Å²) in [5, 5.41) is 29.4. The van der Waals surface area contributed by atoms with Gasteiger partial charge in [0.05, 0.1) is 0 Å². The molecule has 0 aliphatic heterocycles. The van der Waals surface area contributed by atoms with Crippen molar-refractivity contribution in [1.82, 2.24) is 0 Å². The molecule has 35 heavy (non-hydrogen) atoms. The van der Waals surface area contributed by atoms with E-state index in [9.17, 15) is 24.9 Å². The third-order valence-corrected chi connectivity index (χ3v) is 4.92. The van der Waals surface area contributed by atoms with Crippen molar-refractivity contribution >= 4 is 24.1 Å². The molecule has 0 saturated heterocycles. The van der Waals surface area contributed by atoms with E-state index in [1.54, 1.807) is 66.7 Å². The lowest BCUT2D eigenvalue weighted by Gasteiger charge is -2.11. The van der Waals surface area contributed by atoms with E-state index in [-0.39, 0.29) is 39.9 Å². The Balaban J connectivity index is 1.53. The second-order valence-corrected chi connectivity index (χ2v) is 7.48. The van der Waals surface area contributed by atoms with Gasteiger partial charge in [-0.15, -0.1) is 0 Å². The highest BCUT2D eigenvalue weighted by molar-refractivity contribution is 5.98. The summed E-state index contributed by atoms with van der Waals surface area (Å²) < 4.78 is 10.8. The molecule has 0 amide bonds. The highest BCUT2D eigenvalue weighted by Gasteiger charge is 2.19. The van der Waals surface area contributed by atoms with Crippen LogP contribution in [0, 0.1) is 0 Å². The summed E-state index contributed by atoms with van der Waals surface area (Å²) in [6, 6.07) is 22.8. The van der Waals surface area contributed by atoms with E-state index in [1.807, 2.05) is 0 Å². The lowest BCUT2D eigenvalue weighted by Crippen LogP contribution is -2.14. The lowest BCUT2D eigenvalue weighted by molar-refractivity contribution is 0.0705.